The monoisotopic (exact) mass is 208 g/mol. The van der Waals surface area contributed by atoms with Gasteiger partial charge in [-0.1, -0.05) is 19.1 Å². The number of amides is 2. The predicted molar refractivity (Wildman–Crippen MR) is 60.3 cm³/mol. The molecule has 0 aromatic heterocycles. The number of carbonyl (C=O) groups is 1. The van der Waals surface area contributed by atoms with Gasteiger partial charge in [-0.3, -0.25) is 0 Å². The number of hydrogen-bond acceptors (Lipinski definition) is 2. The molecule has 2 N–H and O–H groups in total. The molecular weight excluding hydrogens is 192 g/mol. The van der Waals surface area contributed by atoms with Crippen molar-refractivity contribution >= 4 is 11.7 Å². The Balaban J connectivity index is 2.59. The van der Waals surface area contributed by atoms with Crippen LogP contribution in [0, 0.1) is 0 Å². The molecule has 2 amide bonds. The molecule has 82 valence electrons. The molecule has 0 atom stereocenters. The molecule has 0 heterocycles. The maximum atomic E-state index is 11.4. The lowest BCUT2D eigenvalue weighted by Gasteiger charge is -2.10. The van der Waals surface area contributed by atoms with Crippen molar-refractivity contribution in [3.05, 3.63) is 24.3 Å². The number of anilines is 1. The number of methoxy groups -OCH3 is 1. The minimum absolute atomic E-state index is 0.207. The summed E-state index contributed by atoms with van der Waals surface area (Å²) in [7, 11) is 1.57. The topological polar surface area (TPSA) is 50.4 Å². The second-order valence-electron chi connectivity index (χ2n) is 3.08. The SMILES string of the molecule is CCCNC(=O)Nc1ccccc1OC. The van der Waals surface area contributed by atoms with E-state index in [0.29, 0.717) is 18.0 Å². The molecule has 0 saturated heterocycles. The van der Waals surface area contributed by atoms with Crippen LogP contribution in [0.3, 0.4) is 0 Å². The lowest BCUT2D eigenvalue weighted by molar-refractivity contribution is 0.252. The summed E-state index contributed by atoms with van der Waals surface area (Å²) in [5.74, 6) is 0.657. The third kappa shape index (κ3) is 3.50. The van der Waals surface area contributed by atoms with Crippen molar-refractivity contribution in [3.63, 3.8) is 0 Å². The molecule has 4 heteroatoms. The Morgan fingerprint density at radius 2 is 2.13 bits per heavy atom. The maximum absolute atomic E-state index is 11.4. The zero-order chi connectivity index (χ0) is 11.1. The first-order valence-electron chi connectivity index (χ1n) is 4.95. The largest absolute Gasteiger partial charge is 0.495 e. The van der Waals surface area contributed by atoms with Crippen LogP contribution < -0.4 is 15.4 Å². The Morgan fingerprint density at radius 1 is 1.40 bits per heavy atom. The second kappa shape index (κ2) is 5.90. The Kier molecular flexibility index (Phi) is 4.47. The number of rotatable bonds is 4. The first-order chi connectivity index (χ1) is 7.27. The lowest BCUT2D eigenvalue weighted by atomic mass is 10.3. The highest BCUT2D eigenvalue weighted by Gasteiger charge is 2.04. The summed E-state index contributed by atoms with van der Waals surface area (Å²) in [4.78, 5) is 11.4. The normalized spacial score (nSPS) is 9.47. The van der Waals surface area contributed by atoms with Gasteiger partial charge < -0.3 is 15.4 Å². The van der Waals surface area contributed by atoms with Crippen molar-refractivity contribution in [2.24, 2.45) is 0 Å². The highest BCUT2D eigenvalue weighted by atomic mass is 16.5. The zero-order valence-corrected chi connectivity index (χ0v) is 9.04. The fraction of sp³-hybridized carbons (Fsp3) is 0.364. The van der Waals surface area contributed by atoms with E-state index >= 15 is 0 Å². The molecular formula is C11H16N2O2. The summed E-state index contributed by atoms with van der Waals surface area (Å²) >= 11 is 0. The van der Waals surface area contributed by atoms with Crippen molar-refractivity contribution in [3.8, 4) is 5.75 Å². The van der Waals surface area contributed by atoms with Crippen molar-refractivity contribution in [1.29, 1.82) is 0 Å². The zero-order valence-electron chi connectivity index (χ0n) is 9.04. The van der Waals surface area contributed by atoms with Gasteiger partial charge in [0.05, 0.1) is 12.8 Å². The molecule has 0 bridgehead atoms. The first-order valence-corrected chi connectivity index (χ1v) is 4.95. The van der Waals surface area contributed by atoms with Gasteiger partial charge in [-0.05, 0) is 18.6 Å². The lowest BCUT2D eigenvalue weighted by Crippen LogP contribution is -2.29. The molecule has 1 aromatic carbocycles. The fourth-order valence-electron chi connectivity index (χ4n) is 1.15. The summed E-state index contributed by atoms with van der Waals surface area (Å²) in [5, 5.41) is 5.45. The van der Waals surface area contributed by atoms with Gasteiger partial charge in [0, 0.05) is 6.54 Å². The van der Waals surface area contributed by atoms with Gasteiger partial charge >= 0.3 is 6.03 Å². The molecule has 0 radical (unpaired) electrons. The number of para-hydroxylation sites is 2. The molecule has 0 aliphatic rings. The van der Waals surface area contributed by atoms with Crippen molar-refractivity contribution < 1.29 is 9.53 Å². The van der Waals surface area contributed by atoms with Gasteiger partial charge in [-0.25, -0.2) is 4.79 Å². The van der Waals surface area contributed by atoms with Crippen molar-refractivity contribution in [2.45, 2.75) is 13.3 Å². The number of urea groups is 1. The van der Waals surface area contributed by atoms with E-state index in [1.165, 1.54) is 0 Å². The van der Waals surface area contributed by atoms with E-state index in [-0.39, 0.29) is 6.03 Å². The third-order valence-electron chi connectivity index (χ3n) is 1.89. The summed E-state index contributed by atoms with van der Waals surface area (Å²) in [6.07, 6.45) is 0.916. The summed E-state index contributed by atoms with van der Waals surface area (Å²) in [6.45, 7) is 2.67. The fourth-order valence-corrected chi connectivity index (χ4v) is 1.15. The van der Waals surface area contributed by atoms with Crippen LogP contribution in [-0.4, -0.2) is 19.7 Å². The quantitative estimate of drug-likeness (QED) is 0.797. The molecule has 0 spiro atoms. The van der Waals surface area contributed by atoms with Crippen molar-refractivity contribution in [1.82, 2.24) is 5.32 Å². The smallest absolute Gasteiger partial charge is 0.319 e. The van der Waals surface area contributed by atoms with E-state index in [9.17, 15) is 4.79 Å². The van der Waals surface area contributed by atoms with E-state index < -0.39 is 0 Å². The minimum atomic E-state index is -0.207. The third-order valence-corrected chi connectivity index (χ3v) is 1.89. The van der Waals surface area contributed by atoms with Crippen LogP contribution in [0.1, 0.15) is 13.3 Å². The highest BCUT2D eigenvalue weighted by molar-refractivity contribution is 5.90. The summed E-state index contributed by atoms with van der Waals surface area (Å²) < 4.78 is 5.11. The number of nitrogens with one attached hydrogen (secondary N) is 2. The Hall–Kier alpha value is -1.71. The van der Waals surface area contributed by atoms with Crippen LogP contribution in [0.15, 0.2) is 24.3 Å². The van der Waals surface area contributed by atoms with E-state index in [2.05, 4.69) is 10.6 Å². The Bertz CT molecular complexity index is 326. The van der Waals surface area contributed by atoms with Gasteiger partial charge in [0.2, 0.25) is 0 Å². The minimum Gasteiger partial charge on any atom is -0.495 e. The van der Waals surface area contributed by atoms with Gasteiger partial charge in [-0.2, -0.15) is 0 Å². The van der Waals surface area contributed by atoms with Gasteiger partial charge in [0.25, 0.3) is 0 Å². The van der Waals surface area contributed by atoms with Gasteiger partial charge in [0.15, 0.2) is 0 Å². The first kappa shape index (κ1) is 11.4. The molecule has 1 rings (SSSR count). The standard InChI is InChI=1S/C11H16N2O2/c1-3-8-12-11(14)13-9-6-4-5-7-10(9)15-2/h4-7H,3,8H2,1-2H3,(H2,12,13,14). The van der Waals surface area contributed by atoms with E-state index in [1.54, 1.807) is 19.2 Å². The molecule has 0 aliphatic heterocycles. The van der Waals surface area contributed by atoms with Crippen molar-refractivity contribution in [2.75, 3.05) is 19.0 Å². The van der Waals surface area contributed by atoms with Crippen LogP contribution in [0.5, 0.6) is 5.75 Å². The van der Waals surface area contributed by atoms with Crippen LogP contribution in [0.25, 0.3) is 0 Å². The molecule has 0 fully saturated rings. The predicted octanol–water partition coefficient (Wildman–Crippen LogP) is 2.23. The molecule has 15 heavy (non-hydrogen) atoms. The Labute approximate surface area is 89.6 Å². The molecule has 0 unspecified atom stereocenters. The van der Waals surface area contributed by atoms with Gasteiger partial charge in [0.1, 0.15) is 5.75 Å². The Morgan fingerprint density at radius 3 is 2.80 bits per heavy atom. The van der Waals surface area contributed by atoms with Crippen LogP contribution in [0.2, 0.25) is 0 Å². The van der Waals surface area contributed by atoms with E-state index in [4.69, 9.17) is 4.74 Å². The molecule has 0 aliphatic carbocycles. The number of benzene rings is 1. The number of carbonyl (C=O) groups excluding carboxylic acids is 1. The second-order valence-corrected chi connectivity index (χ2v) is 3.08. The highest BCUT2D eigenvalue weighted by Crippen LogP contribution is 2.22. The molecule has 4 nitrogen and oxygen atoms in total. The average Bonchev–Trinajstić information content (AvgIpc) is 2.27. The number of ether oxygens (including phenoxy) is 1. The average molecular weight is 208 g/mol. The van der Waals surface area contributed by atoms with E-state index in [1.807, 2.05) is 19.1 Å². The number of hydrogen-bond donors (Lipinski definition) is 2. The van der Waals surface area contributed by atoms with Gasteiger partial charge in [-0.15, -0.1) is 0 Å². The molecule has 1 aromatic rings. The maximum Gasteiger partial charge on any atom is 0.319 e. The summed E-state index contributed by atoms with van der Waals surface area (Å²) in [5.41, 5.74) is 0.675. The van der Waals surface area contributed by atoms with Crippen LogP contribution >= 0.6 is 0 Å². The van der Waals surface area contributed by atoms with Crippen LogP contribution in [-0.2, 0) is 0 Å². The van der Waals surface area contributed by atoms with E-state index in [0.717, 1.165) is 6.42 Å². The molecule has 0 saturated carbocycles. The summed E-state index contributed by atoms with van der Waals surface area (Å²) in [6, 6.07) is 7.09. The van der Waals surface area contributed by atoms with Crippen LogP contribution in [0.4, 0.5) is 10.5 Å².